The normalized spacial score (nSPS) is 14.6. The monoisotopic (exact) mass is 499 g/mol. The van der Waals surface area contributed by atoms with E-state index >= 15 is 0 Å². The van der Waals surface area contributed by atoms with Gasteiger partial charge in [0.05, 0.1) is 5.56 Å². The van der Waals surface area contributed by atoms with Gasteiger partial charge >= 0.3 is 0 Å². The van der Waals surface area contributed by atoms with Crippen molar-refractivity contribution in [1.29, 1.82) is 0 Å². The average molecular weight is 500 g/mol. The molecule has 0 saturated carbocycles. The highest BCUT2D eigenvalue weighted by Crippen LogP contribution is 2.39. The van der Waals surface area contributed by atoms with Gasteiger partial charge < -0.3 is 10.1 Å². The summed E-state index contributed by atoms with van der Waals surface area (Å²) in [4.78, 5) is 27.3. The molecule has 1 aliphatic rings. The lowest BCUT2D eigenvalue weighted by atomic mass is 9.93. The van der Waals surface area contributed by atoms with Crippen LogP contribution in [0.4, 0.5) is 5.69 Å². The number of nitrogens with zero attached hydrogens (tertiary/aromatic N) is 1. The first-order valence-corrected chi connectivity index (χ1v) is 12.4. The van der Waals surface area contributed by atoms with Gasteiger partial charge in [-0.05, 0) is 64.0 Å². The summed E-state index contributed by atoms with van der Waals surface area (Å²) in [5.41, 5.74) is 5.41. The van der Waals surface area contributed by atoms with E-state index in [1.165, 1.54) is 5.01 Å². The molecule has 0 radical (unpaired) electrons. The Morgan fingerprint density at radius 2 is 1.53 bits per heavy atom. The van der Waals surface area contributed by atoms with Gasteiger partial charge in [0.25, 0.3) is 11.8 Å². The van der Waals surface area contributed by atoms with E-state index in [0.717, 1.165) is 27.1 Å². The molecule has 0 fully saturated rings. The Morgan fingerprint density at radius 3 is 2.21 bits per heavy atom. The predicted molar refractivity (Wildman–Crippen MR) is 150 cm³/mol. The predicted octanol–water partition coefficient (Wildman–Crippen LogP) is 6.47. The summed E-state index contributed by atoms with van der Waals surface area (Å²) in [6, 6.07) is 32.5. The van der Waals surface area contributed by atoms with Gasteiger partial charge in [-0.1, -0.05) is 73.3 Å². The highest BCUT2D eigenvalue weighted by molar-refractivity contribution is 6.07. The number of hydrogen-bond acceptors (Lipinski definition) is 4. The number of fused-ring (bicyclic) bond motifs is 3. The molecule has 2 amide bonds. The van der Waals surface area contributed by atoms with E-state index in [9.17, 15) is 9.59 Å². The maximum Gasteiger partial charge on any atom is 0.276 e. The zero-order chi connectivity index (χ0) is 26.1. The second-order valence-corrected chi connectivity index (χ2v) is 9.07. The van der Waals surface area contributed by atoms with Crippen molar-refractivity contribution in [3.8, 4) is 5.75 Å². The summed E-state index contributed by atoms with van der Waals surface area (Å²) in [6.07, 6.45) is 1.01. The summed E-state index contributed by atoms with van der Waals surface area (Å²) in [5.74, 6) is -0.0591. The number of rotatable bonds is 6. The first-order valence-electron chi connectivity index (χ1n) is 12.4. The standard InChI is InChI=1S/C32H25N3O3/c1-2-19-38-24-17-15-21(16-18-24)31(36)34-35-30(33-28-14-8-7-13-27(28)32(35)37)29-25-11-5-3-9-22(25)20-23-10-4-6-12-26(23)29/h2-18,20,30,33H,1,19H2,(H,34,36)/t30-/m0/s1. The Labute approximate surface area is 220 Å². The fourth-order valence-corrected chi connectivity index (χ4v) is 4.95. The van der Waals surface area contributed by atoms with Gasteiger partial charge in [0.1, 0.15) is 18.5 Å². The second-order valence-electron chi connectivity index (χ2n) is 9.07. The van der Waals surface area contributed by atoms with Crippen LogP contribution >= 0.6 is 0 Å². The third kappa shape index (κ3) is 4.12. The van der Waals surface area contributed by atoms with Crippen LogP contribution in [-0.2, 0) is 0 Å². The van der Waals surface area contributed by atoms with Gasteiger partial charge in [0.15, 0.2) is 0 Å². The van der Waals surface area contributed by atoms with E-state index in [4.69, 9.17) is 4.74 Å². The summed E-state index contributed by atoms with van der Waals surface area (Å²) >= 11 is 0. The van der Waals surface area contributed by atoms with E-state index in [1.54, 1.807) is 36.4 Å². The largest absolute Gasteiger partial charge is 0.490 e. The van der Waals surface area contributed by atoms with Crippen molar-refractivity contribution >= 4 is 39.0 Å². The van der Waals surface area contributed by atoms with E-state index in [1.807, 2.05) is 54.6 Å². The maximum absolute atomic E-state index is 13.9. The van der Waals surface area contributed by atoms with Crippen molar-refractivity contribution in [3.05, 3.63) is 132 Å². The SMILES string of the molecule is C=CCOc1ccc(C(=O)NN2C(=O)c3ccccc3N[C@@H]2c2c3ccccc3cc3ccccc23)cc1. The number of hydrogen-bond donors (Lipinski definition) is 2. The first-order chi connectivity index (χ1) is 18.6. The lowest BCUT2D eigenvalue weighted by Gasteiger charge is -2.38. The molecule has 1 heterocycles. The van der Waals surface area contributed by atoms with Crippen molar-refractivity contribution in [2.75, 3.05) is 11.9 Å². The lowest BCUT2D eigenvalue weighted by Crippen LogP contribution is -2.53. The van der Waals surface area contributed by atoms with Gasteiger partial charge in [-0.2, -0.15) is 0 Å². The highest BCUT2D eigenvalue weighted by atomic mass is 16.5. The van der Waals surface area contributed by atoms with Crippen molar-refractivity contribution in [1.82, 2.24) is 10.4 Å². The van der Waals surface area contributed by atoms with Crippen LogP contribution < -0.4 is 15.5 Å². The zero-order valence-corrected chi connectivity index (χ0v) is 20.6. The van der Waals surface area contributed by atoms with Crippen molar-refractivity contribution < 1.29 is 14.3 Å². The van der Waals surface area contributed by atoms with Gasteiger partial charge in [0, 0.05) is 16.8 Å². The second kappa shape index (κ2) is 9.75. The van der Waals surface area contributed by atoms with Crippen LogP contribution in [0.1, 0.15) is 32.4 Å². The fourth-order valence-electron chi connectivity index (χ4n) is 4.95. The first kappa shape index (κ1) is 23.3. The van der Waals surface area contributed by atoms with Crippen LogP contribution in [0, 0.1) is 0 Å². The Morgan fingerprint density at radius 1 is 0.895 bits per heavy atom. The molecule has 0 bridgehead atoms. The smallest absolute Gasteiger partial charge is 0.276 e. The number of amides is 2. The third-order valence-corrected chi connectivity index (χ3v) is 6.72. The molecule has 6 rings (SSSR count). The molecule has 1 aliphatic heterocycles. The Hall–Kier alpha value is -5.10. The van der Waals surface area contributed by atoms with E-state index in [2.05, 4.69) is 35.5 Å². The molecule has 6 heteroatoms. The van der Waals surface area contributed by atoms with Crippen LogP contribution in [-0.4, -0.2) is 23.4 Å². The Bertz CT molecular complexity index is 1640. The number of benzene rings is 5. The summed E-state index contributed by atoms with van der Waals surface area (Å²) < 4.78 is 5.53. The number of anilines is 1. The van der Waals surface area contributed by atoms with Gasteiger partial charge in [-0.3, -0.25) is 15.0 Å². The number of nitrogens with one attached hydrogen (secondary N) is 2. The zero-order valence-electron chi connectivity index (χ0n) is 20.6. The number of carbonyl (C=O) groups excluding carboxylic acids is 2. The van der Waals surface area contributed by atoms with E-state index in [0.29, 0.717) is 29.2 Å². The molecule has 6 nitrogen and oxygen atoms in total. The molecular weight excluding hydrogens is 474 g/mol. The molecule has 0 aromatic heterocycles. The fraction of sp³-hybridized carbons (Fsp3) is 0.0625. The molecule has 186 valence electrons. The molecule has 0 spiro atoms. The number of hydrazine groups is 1. The molecule has 0 unspecified atom stereocenters. The van der Waals surface area contributed by atoms with Gasteiger partial charge in [0.2, 0.25) is 0 Å². The molecule has 0 aliphatic carbocycles. The minimum atomic E-state index is -0.646. The van der Waals surface area contributed by atoms with Crippen molar-refractivity contribution in [2.24, 2.45) is 0 Å². The Balaban J connectivity index is 1.46. The van der Waals surface area contributed by atoms with E-state index in [-0.39, 0.29) is 5.91 Å². The van der Waals surface area contributed by atoms with E-state index < -0.39 is 12.1 Å². The van der Waals surface area contributed by atoms with Crippen LogP contribution in [0.25, 0.3) is 21.5 Å². The minimum Gasteiger partial charge on any atom is -0.490 e. The third-order valence-electron chi connectivity index (χ3n) is 6.72. The topological polar surface area (TPSA) is 70.7 Å². The quantitative estimate of drug-likeness (QED) is 0.208. The molecular formula is C32H25N3O3. The summed E-state index contributed by atoms with van der Waals surface area (Å²) in [7, 11) is 0. The Kier molecular flexibility index (Phi) is 5.98. The molecule has 5 aromatic carbocycles. The number of carbonyl (C=O) groups is 2. The molecule has 2 N–H and O–H groups in total. The minimum absolute atomic E-state index is 0.291. The van der Waals surface area contributed by atoms with Gasteiger partial charge in [-0.25, -0.2) is 5.01 Å². The molecule has 5 aromatic rings. The van der Waals surface area contributed by atoms with Crippen LogP contribution in [0.3, 0.4) is 0 Å². The summed E-state index contributed by atoms with van der Waals surface area (Å²) in [5, 5.41) is 9.03. The van der Waals surface area contributed by atoms with Gasteiger partial charge in [-0.15, -0.1) is 0 Å². The number of para-hydroxylation sites is 1. The van der Waals surface area contributed by atoms with Crippen LogP contribution in [0.2, 0.25) is 0 Å². The summed E-state index contributed by atoms with van der Waals surface area (Å²) in [6.45, 7) is 4.02. The highest BCUT2D eigenvalue weighted by Gasteiger charge is 2.36. The van der Waals surface area contributed by atoms with Crippen LogP contribution in [0.5, 0.6) is 5.75 Å². The maximum atomic E-state index is 13.9. The molecule has 0 saturated heterocycles. The lowest BCUT2D eigenvalue weighted by molar-refractivity contribution is 0.0493. The molecule has 38 heavy (non-hydrogen) atoms. The van der Waals surface area contributed by atoms with Crippen molar-refractivity contribution in [2.45, 2.75) is 6.17 Å². The molecule has 1 atom stereocenters. The average Bonchev–Trinajstić information content (AvgIpc) is 2.96. The van der Waals surface area contributed by atoms with Crippen LogP contribution in [0.15, 0.2) is 116 Å². The number of ether oxygens (including phenoxy) is 1. The van der Waals surface area contributed by atoms with Crippen molar-refractivity contribution in [3.63, 3.8) is 0 Å².